The molecule has 1 aromatic carbocycles. The van der Waals surface area contributed by atoms with Crippen LogP contribution in [0.3, 0.4) is 0 Å². The summed E-state index contributed by atoms with van der Waals surface area (Å²) in [5, 5.41) is 19.5. The van der Waals surface area contributed by atoms with Gasteiger partial charge in [0.2, 0.25) is 5.43 Å². The van der Waals surface area contributed by atoms with Gasteiger partial charge in [-0.1, -0.05) is 23.7 Å². The molecule has 100 valence electrons. The maximum atomic E-state index is 11.5. The first kappa shape index (κ1) is 13.6. The van der Waals surface area contributed by atoms with Gasteiger partial charge >= 0.3 is 0 Å². The van der Waals surface area contributed by atoms with Crippen molar-refractivity contribution in [3.8, 4) is 5.75 Å². The first-order valence-electron chi connectivity index (χ1n) is 5.88. The lowest BCUT2D eigenvalue weighted by molar-refractivity contribution is 0.273. The van der Waals surface area contributed by atoms with Gasteiger partial charge < -0.3 is 14.8 Å². The maximum Gasteiger partial charge on any atom is 0.223 e. The van der Waals surface area contributed by atoms with Gasteiger partial charge in [-0.2, -0.15) is 0 Å². The van der Waals surface area contributed by atoms with Crippen molar-refractivity contribution in [3.05, 3.63) is 63.0 Å². The number of pyridine rings is 1. The van der Waals surface area contributed by atoms with Crippen molar-refractivity contribution in [1.82, 2.24) is 4.57 Å². The van der Waals surface area contributed by atoms with E-state index in [2.05, 4.69) is 0 Å². The molecule has 1 heterocycles. The van der Waals surface area contributed by atoms with Crippen molar-refractivity contribution < 1.29 is 10.2 Å². The van der Waals surface area contributed by atoms with Crippen LogP contribution in [0.5, 0.6) is 5.75 Å². The van der Waals surface area contributed by atoms with E-state index in [4.69, 9.17) is 16.7 Å². The molecule has 0 radical (unpaired) electrons. The van der Waals surface area contributed by atoms with Crippen LogP contribution in [0.25, 0.3) is 0 Å². The Morgan fingerprint density at radius 2 is 1.84 bits per heavy atom. The molecule has 2 rings (SSSR count). The molecular weight excluding hydrogens is 266 g/mol. The lowest BCUT2D eigenvalue weighted by Crippen LogP contribution is -2.14. The zero-order valence-electron chi connectivity index (χ0n) is 10.2. The lowest BCUT2D eigenvalue weighted by Gasteiger charge is -2.13. The molecule has 5 heteroatoms. The highest BCUT2D eigenvalue weighted by molar-refractivity contribution is 6.30. The average molecular weight is 280 g/mol. The van der Waals surface area contributed by atoms with E-state index in [9.17, 15) is 9.90 Å². The van der Waals surface area contributed by atoms with Gasteiger partial charge in [-0.25, -0.2) is 0 Å². The number of hydrogen-bond acceptors (Lipinski definition) is 3. The molecule has 2 aromatic rings. The standard InChI is InChI=1S/C14H14ClNO3/c15-11-3-1-10(2-4-11)9-12-14(19)13(18)5-6-16(12)7-8-17/h1-6,17,19H,7-9H2. The van der Waals surface area contributed by atoms with Crippen LogP contribution in [0.1, 0.15) is 11.3 Å². The van der Waals surface area contributed by atoms with Gasteiger partial charge in [0.25, 0.3) is 0 Å². The molecule has 0 atom stereocenters. The number of benzene rings is 1. The van der Waals surface area contributed by atoms with E-state index >= 15 is 0 Å². The first-order chi connectivity index (χ1) is 9.11. The maximum absolute atomic E-state index is 11.5. The van der Waals surface area contributed by atoms with Gasteiger partial charge in [0.05, 0.1) is 12.3 Å². The van der Waals surface area contributed by atoms with E-state index in [1.165, 1.54) is 6.07 Å². The van der Waals surface area contributed by atoms with Crippen LogP contribution in [0.15, 0.2) is 41.3 Å². The van der Waals surface area contributed by atoms with Gasteiger partial charge in [0.15, 0.2) is 5.75 Å². The van der Waals surface area contributed by atoms with Gasteiger partial charge in [0.1, 0.15) is 0 Å². The van der Waals surface area contributed by atoms with Crippen LogP contribution < -0.4 is 5.43 Å². The number of rotatable bonds is 4. The highest BCUT2D eigenvalue weighted by Crippen LogP contribution is 2.18. The zero-order valence-corrected chi connectivity index (χ0v) is 11.0. The molecule has 0 spiro atoms. The van der Waals surface area contributed by atoms with E-state index < -0.39 is 5.43 Å². The third-order valence-electron chi connectivity index (χ3n) is 2.89. The number of aliphatic hydroxyl groups is 1. The van der Waals surface area contributed by atoms with Crippen molar-refractivity contribution in [3.63, 3.8) is 0 Å². The van der Waals surface area contributed by atoms with E-state index in [-0.39, 0.29) is 12.4 Å². The van der Waals surface area contributed by atoms with Gasteiger partial charge in [-0.05, 0) is 17.7 Å². The Bertz CT molecular complexity index is 620. The van der Waals surface area contributed by atoms with Crippen LogP contribution in [0, 0.1) is 0 Å². The Kier molecular flexibility index (Phi) is 4.24. The molecule has 0 unspecified atom stereocenters. The SMILES string of the molecule is O=c1ccn(CCO)c(Cc2ccc(Cl)cc2)c1O. The highest BCUT2D eigenvalue weighted by Gasteiger charge is 2.10. The average Bonchev–Trinajstić information content (AvgIpc) is 2.41. The van der Waals surface area contributed by atoms with Crippen LogP contribution in [0.2, 0.25) is 5.02 Å². The molecule has 0 aliphatic rings. The Morgan fingerprint density at radius 1 is 1.16 bits per heavy atom. The number of nitrogens with zero attached hydrogens (tertiary/aromatic N) is 1. The summed E-state index contributed by atoms with van der Waals surface area (Å²) in [6.07, 6.45) is 1.97. The van der Waals surface area contributed by atoms with Crippen molar-refractivity contribution in [2.75, 3.05) is 6.61 Å². The molecule has 0 saturated heterocycles. The highest BCUT2D eigenvalue weighted by atomic mass is 35.5. The Hall–Kier alpha value is -1.78. The van der Waals surface area contributed by atoms with Crippen molar-refractivity contribution >= 4 is 11.6 Å². The molecule has 0 aliphatic carbocycles. The van der Waals surface area contributed by atoms with E-state index in [0.717, 1.165) is 5.56 Å². The smallest absolute Gasteiger partial charge is 0.223 e. The summed E-state index contributed by atoms with van der Waals surface area (Å²) < 4.78 is 1.67. The number of hydrogen-bond donors (Lipinski definition) is 2. The number of halogens is 1. The van der Waals surface area contributed by atoms with Crippen LogP contribution in [-0.2, 0) is 13.0 Å². The van der Waals surface area contributed by atoms with Crippen LogP contribution >= 0.6 is 11.6 Å². The predicted molar refractivity (Wildman–Crippen MR) is 73.7 cm³/mol. The quantitative estimate of drug-likeness (QED) is 0.897. The van der Waals surface area contributed by atoms with Gasteiger partial charge in [-0.15, -0.1) is 0 Å². The molecule has 2 N–H and O–H groups in total. The van der Waals surface area contributed by atoms with Crippen molar-refractivity contribution in [2.24, 2.45) is 0 Å². The van der Waals surface area contributed by atoms with E-state index in [1.54, 1.807) is 22.9 Å². The summed E-state index contributed by atoms with van der Waals surface area (Å²) in [5.41, 5.74) is 0.999. The van der Waals surface area contributed by atoms with Crippen molar-refractivity contribution in [2.45, 2.75) is 13.0 Å². The molecular formula is C14H14ClNO3. The second-order valence-electron chi connectivity index (χ2n) is 4.20. The molecule has 0 bridgehead atoms. The monoisotopic (exact) mass is 279 g/mol. The van der Waals surface area contributed by atoms with Crippen molar-refractivity contribution in [1.29, 1.82) is 0 Å². The minimum atomic E-state index is -0.418. The van der Waals surface area contributed by atoms with E-state index in [1.807, 2.05) is 12.1 Å². The number of aliphatic hydroxyl groups excluding tert-OH is 1. The largest absolute Gasteiger partial charge is 0.503 e. The van der Waals surface area contributed by atoms with Crippen LogP contribution in [0.4, 0.5) is 0 Å². The second-order valence-corrected chi connectivity index (χ2v) is 4.63. The Balaban J connectivity index is 2.39. The summed E-state index contributed by atoms with van der Waals surface area (Å²) in [4.78, 5) is 11.5. The topological polar surface area (TPSA) is 62.5 Å². The Morgan fingerprint density at radius 3 is 2.47 bits per heavy atom. The summed E-state index contributed by atoms with van der Waals surface area (Å²) in [5.74, 6) is -0.272. The molecule has 0 aliphatic heterocycles. The first-order valence-corrected chi connectivity index (χ1v) is 6.26. The fraction of sp³-hybridized carbons (Fsp3) is 0.214. The fourth-order valence-electron chi connectivity index (χ4n) is 1.90. The molecule has 0 fully saturated rings. The summed E-state index contributed by atoms with van der Waals surface area (Å²) >= 11 is 5.81. The lowest BCUT2D eigenvalue weighted by atomic mass is 10.1. The summed E-state index contributed by atoms with van der Waals surface area (Å²) in [6.45, 7) is 0.271. The fourth-order valence-corrected chi connectivity index (χ4v) is 2.03. The van der Waals surface area contributed by atoms with Gasteiger partial charge in [-0.3, -0.25) is 4.79 Å². The zero-order chi connectivity index (χ0) is 13.8. The molecule has 19 heavy (non-hydrogen) atoms. The predicted octanol–water partition coefficient (Wildman–Crippen LogP) is 1.79. The molecule has 0 saturated carbocycles. The second kappa shape index (κ2) is 5.91. The molecule has 4 nitrogen and oxygen atoms in total. The number of aromatic hydroxyl groups is 1. The normalized spacial score (nSPS) is 10.6. The van der Waals surface area contributed by atoms with E-state index in [0.29, 0.717) is 23.7 Å². The van der Waals surface area contributed by atoms with Gasteiger partial charge in [0, 0.05) is 30.3 Å². The summed E-state index contributed by atoms with van der Waals surface area (Å²) in [7, 11) is 0. The number of aromatic nitrogens is 1. The third kappa shape index (κ3) is 3.16. The minimum Gasteiger partial charge on any atom is -0.503 e. The minimum absolute atomic E-state index is 0.0596. The van der Waals surface area contributed by atoms with Crippen LogP contribution in [-0.4, -0.2) is 21.4 Å². The molecule has 1 aromatic heterocycles. The summed E-state index contributed by atoms with van der Waals surface area (Å²) in [6, 6.07) is 8.47. The Labute approximate surface area is 115 Å². The molecule has 0 amide bonds. The third-order valence-corrected chi connectivity index (χ3v) is 3.14.